The van der Waals surface area contributed by atoms with Gasteiger partial charge in [-0.15, -0.1) is 11.3 Å². The fourth-order valence-electron chi connectivity index (χ4n) is 2.44. The Morgan fingerprint density at radius 1 is 1.04 bits per heavy atom. The molecule has 0 atom stereocenters. The molecule has 118 valence electrons. The standard InChI is InChI=1S/C19H20N2OS/c1-14-19(15-8-3-2-4-9-15)21-18(23-14)12-7-13-22-17-11-6-5-10-16(17)20/h2-6,8-11H,7,12-13,20H2,1H3. The van der Waals surface area contributed by atoms with Crippen LogP contribution >= 0.6 is 11.3 Å². The van der Waals surface area contributed by atoms with Crippen LogP contribution in [-0.4, -0.2) is 11.6 Å². The summed E-state index contributed by atoms with van der Waals surface area (Å²) in [4.78, 5) is 6.04. The normalized spacial score (nSPS) is 10.7. The van der Waals surface area contributed by atoms with Crippen molar-refractivity contribution in [3.8, 4) is 17.0 Å². The maximum absolute atomic E-state index is 5.87. The average molecular weight is 324 g/mol. The molecule has 2 N–H and O–H groups in total. The van der Waals surface area contributed by atoms with Crippen LogP contribution in [0.5, 0.6) is 5.75 Å². The molecule has 3 nitrogen and oxygen atoms in total. The highest BCUT2D eigenvalue weighted by atomic mass is 32.1. The molecule has 0 saturated heterocycles. The van der Waals surface area contributed by atoms with Gasteiger partial charge in [0.25, 0.3) is 0 Å². The van der Waals surface area contributed by atoms with E-state index in [2.05, 4.69) is 19.1 Å². The van der Waals surface area contributed by atoms with E-state index in [4.69, 9.17) is 15.5 Å². The molecule has 3 rings (SSSR count). The van der Waals surface area contributed by atoms with Gasteiger partial charge in [-0.2, -0.15) is 0 Å². The van der Waals surface area contributed by atoms with Gasteiger partial charge in [0, 0.05) is 16.9 Å². The van der Waals surface area contributed by atoms with Crippen molar-refractivity contribution in [2.24, 2.45) is 0 Å². The molecule has 0 aliphatic carbocycles. The Morgan fingerprint density at radius 2 is 1.78 bits per heavy atom. The van der Waals surface area contributed by atoms with E-state index >= 15 is 0 Å². The lowest BCUT2D eigenvalue weighted by Crippen LogP contribution is -2.01. The number of para-hydroxylation sites is 2. The summed E-state index contributed by atoms with van der Waals surface area (Å²) in [5.74, 6) is 0.757. The van der Waals surface area contributed by atoms with Crippen molar-refractivity contribution in [3.05, 3.63) is 64.5 Å². The number of hydrogen-bond acceptors (Lipinski definition) is 4. The number of aromatic nitrogens is 1. The van der Waals surface area contributed by atoms with Gasteiger partial charge in [0.05, 0.1) is 23.0 Å². The fourth-order valence-corrected chi connectivity index (χ4v) is 3.44. The van der Waals surface area contributed by atoms with E-state index in [1.54, 1.807) is 11.3 Å². The van der Waals surface area contributed by atoms with Gasteiger partial charge < -0.3 is 10.5 Å². The summed E-state index contributed by atoms with van der Waals surface area (Å²) in [5, 5.41) is 1.16. The highest BCUT2D eigenvalue weighted by molar-refractivity contribution is 7.12. The van der Waals surface area contributed by atoms with E-state index in [1.165, 1.54) is 10.4 Å². The molecule has 0 aliphatic rings. The maximum Gasteiger partial charge on any atom is 0.142 e. The highest BCUT2D eigenvalue weighted by Gasteiger charge is 2.09. The number of nitrogens with two attached hydrogens (primary N) is 1. The molecule has 0 aliphatic heterocycles. The molecule has 0 unspecified atom stereocenters. The van der Waals surface area contributed by atoms with Crippen molar-refractivity contribution in [1.82, 2.24) is 4.98 Å². The van der Waals surface area contributed by atoms with Gasteiger partial charge in [0.2, 0.25) is 0 Å². The zero-order chi connectivity index (χ0) is 16.1. The summed E-state index contributed by atoms with van der Waals surface area (Å²) in [7, 11) is 0. The van der Waals surface area contributed by atoms with E-state index in [-0.39, 0.29) is 0 Å². The molecule has 0 radical (unpaired) electrons. The lowest BCUT2D eigenvalue weighted by molar-refractivity contribution is 0.312. The second kappa shape index (κ2) is 7.29. The molecule has 0 bridgehead atoms. The molecule has 1 aromatic heterocycles. The van der Waals surface area contributed by atoms with E-state index in [0.29, 0.717) is 12.3 Å². The van der Waals surface area contributed by atoms with Crippen LogP contribution in [-0.2, 0) is 6.42 Å². The lowest BCUT2D eigenvalue weighted by atomic mass is 10.1. The Bertz CT molecular complexity index is 768. The van der Waals surface area contributed by atoms with Crippen molar-refractivity contribution in [2.45, 2.75) is 19.8 Å². The Hall–Kier alpha value is -2.33. The largest absolute Gasteiger partial charge is 0.491 e. The number of nitrogens with zero attached hydrogens (tertiary/aromatic N) is 1. The Balaban J connectivity index is 1.56. The van der Waals surface area contributed by atoms with Gasteiger partial charge in [0.15, 0.2) is 0 Å². The molecule has 4 heteroatoms. The highest BCUT2D eigenvalue weighted by Crippen LogP contribution is 2.28. The summed E-state index contributed by atoms with van der Waals surface area (Å²) in [6.07, 6.45) is 1.85. The van der Waals surface area contributed by atoms with E-state index in [9.17, 15) is 0 Å². The first-order chi connectivity index (χ1) is 11.2. The zero-order valence-electron chi connectivity index (χ0n) is 13.2. The Morgan fingerprint density at radius 3 is 2.57 bits per heavy atom. The van der Waals surface area contributed by atoms with Crippen molar-refractivity contribution >= 4 is 17.0 Å². The van der Waals surface area contributed by atoms with Crippen LogP contribution in [0.15, 0.2) is 54.6 Å². The first-order valence-corrected chi connectivity index (χ1v) is 8.55. The van der Waals surface area contributed by atoms with Crippen LogP contribution in [0.3, 0.4) is 0 Å². The van der Waals surface area contributed by atoms with Gasteiger partial charge in [-0.1, -0.05) is 42.5 Å². The van der Waals surface area contributed by atoms with Crippen LogP contribution in [0.25, 0.3) is 11.3 Å². The minimum atomic E-state index is 0.646. The van der Waals surface area contributed by atoms with Crippen molar-refractivity contribution in [3.63, 3.8) is 0 Å². The third kappa shape index (κ3) is 3.90. The zero-order valence-corrected chi connectivity index (χ0v) is 14.0. The molecular formula is C19H20N2OS. The molecule has 0 spiro atoms. The first-order valence-electron chi connectivity index (χ1n) is 7.73. The SMILES string of the molecule is Cc1sc(CCCOc2ccccc2N)nc1-c1ccccc1. The number of benzene rings is 2. The number of nitrogen functional groups attached to an aromatic ring is 1. The monoisotopic (exact) mass is 324 g/mol. The quantitative estimate of drug-likeness (QED) is 0.527. The molecule has 0 saturated carbocycles. The van der Waals surface area contributed by atoms with Crippen molar-refractivity contribution < 1.29 is 4.74 Å². The number of aryl methyl sites for hydroxylation is 2. The topological polar surface area (TPSA) is 48.1 Å². The van der Waals surface area contributed by atoms with E-state index < -0.39 is 0 Å². The third-order valence-corrected chi connectivity index (χ3v) is 4.63. The summed E-state index contributed by atoms with van der Waals surface area (Å²) < 4.78 is 5.73. The van der Waals surface area contributed by atoms with Crippen LogP contribution in [0.1, 0.15) is 16.3 Å². The summed E-state index contributed by atoms with van der Waals surface area (Å²) in [6.45, 7) is 2.78. The smallest absolute Gasteiger partial charge is 0.142 e. The van der Waals surface area contributed by atoms with Crippen LogP contribution in [0.4, 0.5) is 5.69 Å². The molecular weight excluding hydrogens is 304 g/mol. The summed E-state index contributed by atoms with van der Waals surface area (Å²) in [6, 6.07) is 17.9. The number of hydrogen-bond donors (Lipinski definition) is 1. The number of thiazole rings is 1. The predicted molar refractivity (Wildman–Crippen MR) is 97.0 cm³/mol. The minimum Gasteiger partial charge on any atom is -0.491 e. The summed E-state index contributed by atoms with van der Waals surface area (Å²) in [5.41, 5.74) is 8.83. The molecule has 0 fully saturated rings. The van der Waals surface area contributed by atoms with Gasteiger partial charge in [-0.3, -0.25) is 0 Å². The second-order valence-electron chi connectivity index (χ2n) is 5.37. The van der Waals surface area contributed by atoms with Crippen LogP contribution in [0.2, 0.25) is 0 Å². The van der Waals surface area contributed by atoms with Crippen molar-refractivity contribution in [1.29, 1.82) is 0 Å². The Kier molecular flexibility index (Phi) is 4.93. The van der Waals surface area contributed by atoms with Crippen molar-refractivity contribution in [2.75, 3.05) is 12.3 Å². The second-order valence-corrected chi connectivity index (χ2v) is 6.66. The molecule has 3 aromatic rings. The molecule has 1 heterocycles. The molecule has 2 aromatic carbocycles. The summed E-state index contributed by atoms with van der Waals surface area (Å²) >= 11 is 1.77. The van der Waals surface area contributed by atoms with Crippen LogP contribution < -0.4 is 10.5 Å². The van der Waals surface area contributed by atoms with Gasteiger partial charge in [-0.05, 0) is 25.5 Å². The van der Waals surface area contributed by atoms with Gasteiger partial charge in [0.1, 0.15) is 5.75 Å². The molecule has 0 amide bonds. The van der Waals surface area contributed by atoms with Gasteiger partial charge >= 0.3 is 0 Å². The Labute approximate surface area is 140 Å². The number of rotatable bonds is 6. The van der Waals surface area contributed by atoms with Gasteiger partial charge in [-0.25, -0.2) is 4.98 Å². The fraction of sp³-hybridized carbons (Fsp3) is 0.211. The third-order valence-electron chi connectivity index (χ3n) is 3.60. The number of ether oxygens (including phenoxy) is 1. The predicted octanol–water partition coefficient (Wildman–Crippen LogP) is 4.71. The van der Waals surface area contributed by atoms with Crippen LogP contribution in [0, 0.1) is 6.92 Å². The minimum absolute atomic E-state index is 0.646. The average Bonchev–Trinajstić information content (AvgIpc) is 2.95. The number of anilines is 1. The maximum atomic E-state index is 5.87. The lowest BCUT2D eigenvalue weighted by Gasteiger charge is -2.07. The van der Waals surface area contributed by atoms with E-state index in [1.807, 2.05) is 42.5 Å². The first kappa shape index (κ1) is 15.6. The molecule has 23 heavy (non-hydrogen) atoms. The van der Waals surface area contributed by atoms with E-state index in [0.717, 1.165) is 29.3 Å².